The number of ether oxygens (including phenoxy) is 2. The summed E-state index contributed by atoms with van der Waals surface area (Å²) in [6.45, 7) is 2.53. The van der Waals surface area contributed by atoms with Gasteiger partial charge in [-0.2, -0.15) is 0 Å². The number of likely N-dealkylation sites (tertiary alicyclic amines) is 1. The number of carbonyl (C=O) groups is 1. The summed E-state index contributed by atoms with van der Waals surface area (Å²) in [4.78, 5) is 13.5. The van der Waals surface area contributed by atoms with Crippen molar-refractivity contribution >= 4 is 5.78 Å². The highest BCUT2D eigenvalue weighted by Gasteiger charge is 2.16. The largest absolute Gasteiger partial charge is 0.497 e. The van der Waals surface area contributed by atoms with Crippen molar-refractivity contribution in [1.82, 2.24) is 4.90 Å². The molecule has 18 heavy (non-hydrogen) atoms. The summed E-state index contributed by atoms with van der Waals surface area (Å²) in [5, 5.41) is 0. The zero-order valence-corrected chi connectivity index (χ0v) is 10.9. The molecule has 1 heterocycles. The van der Waals surface area contributed by atoms with Crippen molar-refractivity contribution in [2.75, 3.05) is 27.3 Å². The second-order valence-electron chi connectivity index (χ2n) is 4.54. The van der Waals surface area contributed by atoms with E-state index < -0.39 is 0 Å². The van der Waals surface area contributed by atoms with Crippen molar-refractivity contribution in [3.05, 3.63) is 23.8 Å². The third kappa shape index (κ3) is 3.23. The molecule has 0 aliphatic carbocycles. The molecule has 0 spiro atoms. The van der Waals surface area contributed by atoms with Gasteiger partial charge < -0.3 is 9.47 Å². The van der Waals surface area contributed by atoms with Gasteiger partial charge in [-0.3, -0.25) is 9.69 Å². The van der Waals surface area contributed by atoms with E-state index in [9.17, 15) is 4.79 Å². The Bertz CT molecular complexity index is 399. The molecule has 98 valence electrons. The van der Waals surface area contributed by atoms with Gasteiger partial charge in [-0.25, -0.2) is 0 Å². The minimum atomic E-state index is 0.370. The van der Waals surface area contributed by atoms with Gasteiger partial charge >= 0.3 is 0 Å². The van der Waals surface area contributed by atoms with E-state index in [1.165, 1.54) is 0 Å². The Morgan fingerprint density at radius 1 is 1.06 bits per heavy atom. The fourth-order valence-electron chi connectivity index (χ4n) is 2.18. The summed E-state index contributed by atoms with van der Waals surface area (Å²) in [7, 11) is 3.30. The summed E-state index contributed by atoms with van der Waals surface area (Å²) in [5.74, 6) is 1.98. The first-order valence-corrected chi connectivity index (χ1v) is 6.17. The molecular weight excluding hydrogens is 230 g/mol. The van der Waals surface area contributed by atoms with Gasteiger partial charge in [0.15, 0.2) is 0 Å². The predicted molar refractivity (Wildman–Crippen MR) is 69.1 cm³/mol. The molecule has 4 heteroatoms. The third-order valence-electron chi connectivity index (χ3n) is 3.23. The number of hydrogen-bond donors (Lipinski definition) is 0. The van der Waals surface area contributed by atoms with E-state index in [0.29, 0.717) is 18.6 Å². The second kappa shape index (κ2) is 5.87. The Morgan fingerprint density at radius 3 is 2.11 bits per heavy atom. The number of methoxy groups -OCH3 is 2. The van der Waals surface area contributed by atoms with E-state index in [4.69, 9.17) is 9.47 Å². The van der Waals surface area contributed by atoms with Gasteiger partial charge in [0.2, 0.25) is 0 Å². The van der Waals surface area contributed by atoms with Crippen LogP contribution in [0.4, 0.5) is 0 Å². The molecule has 1 aromatic rings. The van der Waals surface area contributed by atoms with Crippen LogP contribution >= 0.6 is 0 Å². The molecule has 1 saturated heterocycles. The third-order valence-corrected chi connectivity index (χ3v) is 3.23. The van der Waals surface area contributed by atoms with Crippen LogP contribution < -0.4 is 9.47 Å². The Kier molecular flexibility index (Phi) is 4.20. The lowest BCUT2D eigenvalue weighted by molar-refractivity contribution is -0.121. The zero-order chi connectivity index (χ0) is 13.0. The van der Waals surface area contributed by atoms with Gasteiger partial charge in [0, 0.05) is 38.5 Å². The summed E-state index contributed by atoms with van der Waals surface area (Å²) in [6, 6.07) is 5.89. The van der Waals surface area contributed by atoms with Gasteiger partial charge in [-0.15, -0.1) is 0 Å². The molecule has 0 amide bonds. The quantitative estimate of drug-likeness (QED) is 0.816. The van der Waals surface area contributed by atoms with E-state index in [1.54, 1.807) is 14.2 Å². The van der Waals surface area contributed by atoms with Gasteiger partial charge in [-0.1, -0.05) is 0 Å². The number of Topliss-reactive ketones (excluding diaryl/α,β-unsaturated/α-hetero) is 1. The number of hydrogen-bond acceptors (Lipinski definition) is 4. The van der Waals surface area contributed by atoms with Crippen molar-refractivity contribution in [3.63, 3.8) is 0 Å². The van der Waals surface area contributed by atoms with Crippen LogP contribution in [0, 0.1) is 0 Å². The van der Waals surface area contributed by atoms with Crippen LogP contribution in [0.1, 0.15) is 18.4 Å². The van der Waals surface area contributed by atoms with Crippen molar-refractivity contribution in [1.29, 1.82) is 0 Å². The summed E-state index contributed by atoms with van der Waals surface area (Å²) in [5.41, 5.74) is 1.15. The zero-order valence-electron chi connectivity index (χ0n) is 10.9. The number of nitrogens with zero attached hydrogens (tertiary/aromatic N) is 1. The Morgan fingerprint density at radius 2 is 1.61 bits per heavy atom. The molecule has 0 radical (unpaired) electrons. The number of piperidine rings is 1. The fraction of sp³-hybridized carbons (Fsp3) is 0.500. The van der Waals surface area contributed by atoms with Crippen molar-refractivity contribution in [2.24, 2.45) is 0 Å². The molecule has 1 fully saturated rings. The standard InChI is InChI=1S/C14H19NO3/c1-17-13-7-11(8-14(9-13)18-2)10-15-5-3-12(16)4-6-15/h7-9H,3-6,10H2,1-2H3. The van der Waals surface area contributed by atoms with Crippen LogP contribution in [0.2, 0.25) is 0 Å². The molecule has 1 aliphatic rings. The Labute approximate surface area is 107 Å². The van der Waals surface area contributed by atoms with Crippen LogP contribution in [0.5, 0.6) is 11.5 Å². The lowest BCUT2D eigenvalue weighted by Gasteiger charge is -2.26. The van der Waals surface area contributed by atoms with Crippen LogP contribution in [0.3, 0.4) is 0 Å². The van der Waals surface area contributed by atoms with E-state index in [0.717, 1.165) is 36.7 Å². The molecule has 0 aromatic heterocycles. The van der Waals surface area contributed by atoms with Crippen LogP contribution in [0.25, 0.3) is 0 Å². The smallest absolute Gasteiger partial charge is 0.135 e. The molecule has 0 atom stereocenters. The normalized spacial score (nSPS) is 16.7. The predicted octanol–water partition coefficient (Wildman–Crippen LogP) is 1.87. The molecule has 0 unspecified atom stereocenters. The van der Waals surface area contributed by atoms with Crippen LogP contribution in [-0.4, -0.2) is 38.0 Å². The fourth-order valence-corrected chi connectivity index (χ4v) is 2.18. The highest BCUT2D eigenvalue weighted by Crippen LogP contribution is 2.24. The van der Waals surface area contributed by atoms with Gasteiger partial charge in [0.25, 0.3) is 0 Å². The lowest BCUT2D eigenvalue weighted by atomic mass is 10.1. The molecule has 0 bridgehead atoms. The maximum Gasteiger partial charge on any atom is 0.135 e. The highest BCUT2D eigenvalue weighted by atomic mass is 16.5. The van der Waals surface area contributed by atoms with Gasteiger partial charge in [0.1, 0.15) is 17.3 Å². The van der Waals surface area contributed by atoms with E-state index in [-0.39, 0.29) is 0 Å². The SMILES string of the molecule is COc1cc(CN2CCC(=O)CC2)cc(OC)c1. The molecule has 1 aromatic carbocycles. The maximum atomic E-state index is 11.2. The van der Waals surface area contributed by atoms with Crippen LogP contribution in [-0.2, 0) is 11.3 Å². The molecule has 4 nitrogen and oxygen atoms in total. The molecular formula is C14H19NO3. The van der Waals surface area contributed by atoms with Crippen molar-refractivity contribution in [3.8, 4) is 11.5 Å². The second-order valence-corrected chi connectivity index (χ2v) is 4.54. The Hall–Kier alpha value is -1.55. The minimum absolute atomic E-state index is 0.370. The van der Waals surface area contributed by atoms with Crippen molar-refractivity contribution < 1.29 is 14.3 Å². The van der Waals surface area contributed by atoms with E-state index >= 15 is 0 Å². The maximum absolute atomic E-state index is 11.2. The monoisotopic (exact) mass is 249 g/mol. The molecule has 0 N–H and O–H groups in total. The highest BCUT2D eigenvalue weighted by molar-refractivity contribution is 5.79. The number of rotatable bonds is 4. The minimum Gasteiger partial charge on any atom is -0.497 e. The van der Waals surface area contributed by atoms with Crippen LogP contribution in [0.15, 0.2) is 18.2 Å². The van der Waals surface area contributed by atoms with E-state index in [1.807, 2.05) is 18.2 Å². The first-order chi connectivity index (χ1) is 8.71. The summed E-state index contributed by atoms with van der Waals surface area (Å²) < 4.78 is 10.5. The number of carbonyl (C=O) groups excluding carboxylic acids is 1. The average molecular weight is 249 g/mol. The van der Waals surface area contributed by atoms with Gasteiger partial charge in [0.05, 0.1) is 14.2 Å². The summed E-state index contributed by atoms with van der Waals surface area (Å²) >= 11 is 0. The number of ketones is 1. The van der Waals surface area contributed by atoms with E-state index in [2.05, 4.69) is 4.90 Å². The topological polar surface area (TPSA) is 38.8 Å². The lowest BCUT2D eigenvalue weighted by Crippen LogP contribution is -2.33. The summed E-state index contributed by atoms with van der Waals surface area (Å²) in [6.07, 6.45) is 1.34. The molecule has 1 aliphatic heterocycles. The van der Waals surface area contributed by atoms with Gasteiger partial charge in [-0.05, 0) is 17.7 Å². The number of benzene rings is 1. The van der Waals surface area contributed by atoms with Crippen molar-refractivity contribution in [2.45, 2.75) is 19.4 Å². The molecule has 2 rings (SSSR count). The first kappa shape index (κ1) is 12.9. The first-order valence-electron chi connectivity index (χ1n) is 6.17. The average Bonchev–Trinajstić information content (AvgIpc) is 2.41. The Balaban J connectivity index is 2.06. The molecule has 0 saturated carbocycles.